The third-order valence-corrected chi connectivity index (χ3v) is 7.04. The third kappa shape index (κ3) is 3.54. The van der Waals surface area contributed by atoms with Gasteiger partial charge < -0.3 is 10.6 Å². The van der Waals surface area contributed by atoms with Gasteiger partial charge in [0.1, 0.15) is 0 Å². The lowest BCUT2D eigenvalue weighted by molar-refractivity contribution is -0.123. The van der Waals surface area contributed by atoms with Crippen molar-refractivity contribution in [1.82, 2.24) is 15.5 Å². The van der Waals surface area contributed by atoms with E-state index in [0.717, 1.165) is 43.9 Å². The van der Waals surface area contributed by atoms with Crippen molar-refractivity contribution in [2.24, 2.45) is 23.2 Å². The topological polar surface area (TPSA) is 44.4 Å². The molecule has 2 saturated heterocycles. The van der Waals surface area contributed by atoms with Crippen LogP contribution in [-0.4, -0.2) is 49.6 Å². The highest BCUT2D eigenvalue weighted by Gasteiger charge is 2.43. The Kier molecular flexibility index (Phi) is 5.24. The summed E-state index contributed by atoms with van der Waals surface area (Å²) in [7, 11) is 0. The molecule has 0 aromatic rings. The normalized spacial score (nSPS) is 40.5. The van der Waals surface area contributed by atoms with Crippen LogP contribution < -0.4 is 10.6 Å². The van der Waals surface area contributed by atoms with Crippen LogP contribution >= 0.6 is 12.4 Å². The Morgan fingerprint density at radius 1 is 1.35 bits per heavy atom. The van der Waals surface area contributed by atoms with Gasteiger partial charge in [-0.2, -0.15) is 0 Å². The summed E-state index contributed by atoms with van der Waals surface area (Å²) in [5.74, 6) is 2.84. The first-order chi connectivity index (χ1) is 10.6. The number of amides is 1. The van der Waals surface area contributed by atoms with Gasteiger partial charge in [0.15, 0.2) is 0 Å². The first-order valence-electron chi connectivity index (χ1n) is 9.36. The van der Waals surface area contributed by atoms with Crippen molar-refractivity contribution in [2.75, 3.05) is 32.7 Å². The highest BCUT2D eigenvalue weighted by atomic mass is 35.5. The molecule has 2 saturated carbocycles. The number of hydrogen-bond donors (Lipinski definition) is 2. The molecule has 4 fully saturated rings. The fourth-order valence-electron chi connectivity index (χ4n) is 5.82. The van der Waals surface area contributed by atoms with Crippen molar-refractivity contribution in [3.8, 4) is 0 Å². The van der Waals surface area contributed by atoms with Crippen LogP contribution in [-0.2, 0) is 4.79 Å². The van der Waals surface area contributed by atoms with Gasteiger partial charge in [-0.1, -0.05) is 6.42 Å². The van der Waals surface area contributed by atoms with Gasteiger partial charge in [0, 0.05) is 19.1 Å². The van der Waals surface area contributed by atoms with E-state index >= 15 is 0 Å². The smallest absolute Gasteiger partial charge is 0.234 e. The summed E-state index contributed by atoms with van der Waals surface area (Å²) in [6, 6.07) is 0.368. The summed E-state index contributed by atoms with van der Waals surface area (Å²) in [6.07, 6.45) is 8.15. The summed E-state index contributed by atoms with van der Waals surface area (Å²) in [5.41, 5.74) is 0.469. The molecule has 0 aromatic heterocycles. The summed E-state index contributed by atoms with van der Waals surface area (Å²) >= 11 is 0. The van der Waals surface area contributed by atoms with Crippen LogP contribution in [0, 0.1) is 23.2 Å². The second-order valence-corrected chi connectivity index (χ2v) is 8.58. The largest absolute Gasteiger partial charge is 0.352 e. The molecule has 23 heavy (non-hydrogen) atoms. The lowest BCUT2D eigenvalue weighted by Gasteiger charge is -2.29. The van der Waals surface area contributed by atoms with Gasteiger partial charge in [0.05, 0.1) is 6.54 Å². The van der Waals surface area contributed by atoms with Crippen LogP contribution in [0.2, 0.25) is 0 Å². The zero-order valence-electron chi connectivity index (χ0n) is 14.4. The number of carbonyl (C=O) groups is 1. The number of carbonyl (C=O) groups excluding carboxylic acids is 1. The second-order valence-electron chi connectivity index (χ2n) is 8.58. The lowest BCUT2D eigenvalue weighted by Crippen LogP contribution is -2.45. The van der Waals surface area contributed by atoms with Crippen LogP contribution in [0.5, 0.6) is 0 Å². The van der Waals surface area contributed by atoms with Gasteiger partial charge in [-0.25, -0.2) is 0 Å². The van der Waals surface area contributed by atoms with Gasteiger partial charge in [-0.15, -0.1) is 12.4 Å². The summed E-state index contributed by atoms with van der Waals surface area (Å²) < 4.78 is 0. The van der Waals surface area contributed by atoms with Gasteiger partial charge in [0.25, 0.3) is 0 Å². The zero-order chi connectivity index (χ0) is 15.2. The predicted octanol–water partition coefficient (Wildman–Crippen LogP) is 2.03. The highest BCUT2D eigenvalue weighted by molar-refractivity contribution is 5.85. The van der Waals surface area contributed by atoms with Crippen molar-refractivity contribution >= 4 is 18.3 Å². The first-order valence-corrected chi connectivity index (χ1v) is 9.36. The van der Waals surface area contributed by atoms with E-state index in [1.807, 2.05) is 0 Å². The Morgan fingerprint density at radius 3 is 2.87 bits per heavy atom. The minimum absolute atomic E-state index is 0. The number of nitrogens with zero attached hydrogens (tertiary/aromatic N) is 1. The number of nitrogens with one attached hydrogen (secondary N) is 2. The molecule has 5 atom stereocenters. The quantitative estimate of drug-likeness (QED) is 0.822. The maximum absolute atomic E-state index is 12.4. The number of halogens is 1. The van der Waals surface area contributed by atoms with Gasteiger partial charge in [0.2, 0.25) is 5.91 Å². The molecule has 2 aliphatic carbocycles. The maximum Gasteiger partial charge on any atom is 0.234 e. The van der Waals surface area contributed by atoms with Crippen LogP contribution in [0.1, 0.15) is 45.4 Å². The third-order valence-electron chi connectivity index (χ3n) is 7.04. The van der Waals surface area contributed by atoms with E-state index in [0.29, 0.717) is 18.0 Å². The van der Waals surface area contributed by atoms with E-state index in [4.69, 9.17) is 0 Å². The molecule has 4 aliphatic rings. The van der Waals surface area contributed by atoms with Gasteiger partial charge >= 0.3 is 0 Å². The van der Waals surface area contributed by atoms with Crippen LogP contribution in [0.4, 0.5) is 0 Å². The van der Waals surface area contributed by atoms with E-state index in [1.54, 1.807) is 0 Å². The van der Waals surface area contributed by atoms with E-state index in [1.165, 1.54) is 38.5 Å². The Bertz CT molecular complexity index is 438. The summed E-state index contributed by atoms with van der Waals surface area (Å²) in [6.45, 7) is 7.34. The molecule has 4 rings (SSSR count). The maximum atomic E-state index is 12.4. The van der Waals surface area contributed by atoms with E-state index in [9.17, 15) is 4.79 Å². The molecule has 1 amide bonds. The standard InChI is InChI=1S/C18H31N3O.ClH/c1-13(16-9-14-2-3-15(16)8-14)20-17(22)10-21-7-5-18(12-21)4-6-19-11-18;/h13-16,19H,2-12H2,1H3,(H,20,22);1H. The molecule has 5 heteroatoms. The molecular weight excluding hydrogens is 310 g/mol. The molecule has 2 N–H and O–H groups in total. The highest BCUT2D eigenvalue weighted by Crippen LogP contribution is 2.49. The van der Waals surface area contributed by atoms with Crippen LogP contribution in [0.15, 0.2) is 0 Å². The van der Waals surface area contributed by atoms with Crippen molar-refractivity contribution < 1.29 is 4.79 Å². The van der Waals surface area contributed by atoms with Crippen LogP contribution in [0.25, 0.3) is 0 Å². The molecule has 2 heterocycles. The lowest BCUT2D eigenvalue weighted by atomic mass is 9.84. The minimum atomic E-state index is 0. The Labute approximate surface area is 146 Å². The van der Waals surface area contributed by atoms with E-state index in [-0.39, 0.29) is 18.3 Å². The average Bonchev–Trinajstić information content (AvgIpc) is 3.26. The molecule has 1 spiro atoms. The molecule has 4 nitrogen and oxygen atoms in total. The minimum Gasteiger partial charge on any atom is -0.352 e. The van der Waals surface area contributed by atoms with Crippen molar-refractivity contribution in [3.63, 3.8) is 0 Å². The van der Waals surface area contributed by atoms with Crippen molar-refractivity contribution in [3.05, 3.63) is 0 Å². The number of hydrogen-bond acceptors (Lipinski definition) is 3. The van der Waals surface area contributed by atoms with Crippen molar-refractivity contribution in [1.29, 1.82) is 0 Å². The SMILES string of the molecule is CC(NC(=O)CN1CCC2(CCNC2)C1)C1CC2CCC1C2.Cl. The Balaban J connectivity index is 0.00000156. The molecule has 132 valence electrons. The molecular formula is C18H32ClN3O. The molecule has 0 radical (unpaired) electrons. The Morgan fingerprint density at radius 2 is 2.22 bits per heavy atom. The number of likely N-dealkylation sites (tertiary alicyclic amines) is 1. The predicted molar refractivity (Wildman–Crippen MR) is 94.8 cm³/mol. The second kappa shape index (κ2) is 6.89. The van der Waals surface area contributed by atoms with E-state index in [2.05, 4.69) is 22.5 Å². The zero-order valence-corrected chi connectivity index (χ0v) is 15.2. The summed E-state index contributed by atoms with van der Waals surface area (Å²) in [4.78, 5) is 14.8. The monoisotopic (exact) mass is 341 g/mol. The van der Waals surface area contributed by atoms with Crippen LogP contribution in [0.3, 0.4) is 0 Å². The van der Waals surface area contributed by atoms with Crippen molar-refractivity contribution in [2.45, 2.75) is 51.5 Å². The number of fused-ring (bicyclic) bond motifs is 2. The molecule has 2 aliphatic heterocycles. The number of rotatable bonds is 4. The van der Waals surface area contributed by atoms with Gasteiger partial charge in [-0.3, -0.25) is 9.69 Å². The molecule has 2 bridgehead atoms. The molecule has 0 aromatic carbocycles. The Hall–Kier alpha value is -0.320. The molecule has 5 unspecified atom stereocenters. The fraction of sp³-hybridized carbons (Fsp3) is 0.944. The summed E-state index contributed by atoms with van der Waals surface area (Å²) in [5, 5.41) is 6.80. The van der Waals surface area contributed by atoms with Gasteiger partial charge in [-0.05, 0) is 75.3 Å². The first kappa shape index (κ1) is 17.5. The van der Waals surface area contributed by atoms with E-state index < -0.39 is 0 Å². The average molecular weight is 342 g/mol. The fourth-order valence-corrected chi connectivity index (χ4v) is 5.82.